The number of carbonyl (C=O) groups is 2. The molecule has 0 spiro atoms. The van der Waals surface area contributed by atoms with Crippen LogP contribution < -0.4 is 10.1 Å². The number of anilines is 2. The van der Waals surface area contributed by atoms with E-state index < -0.39 is 0 Å². The number of pyridine rings is 1. The van der Waals surface area contributed by atoms with Crippen molar-refractivity contribution >= 4 is 23.3 Å². The molecule has 1 saturated heterocycles. The second kappa shape index (κ2) is 12.5. The molecule has 3 heterocycles. The Morgan fingerprint density at radius 3 is 2.63 bits per heavy atom. The van der Waals surface area contributed by atoms with Gasteiger partial charge in [-0.25, -0.2) is 4.98 Å². The molecule has 9 nitrogen and oxygen atoms in total. The van der Waals surface area contributed by atoms with Gasteiger partial charge in [-0.2, -0.15) is 0 Å². The molecule has 0 atom stereocenters. The molecule has 0 aliphatic carbocycles. The highest BCUT2D eigenvalue weighted by Gasteiger charge is 2.26. The van der Waals surface area contributed by atoms with E-state index in [1.165, 1.54) is 0 Å². The van der Waals surface area contributed by atoms with Crippen LogP contribution >= 0.6 is 0 Å². The minimum absolute atomic E-state index is 0.0414. The van der Waals surface area contributed by atoms with E-state index in [1.54, 1.807) is 23.2 Å². The third-order valence-corrected chi connectivity index (χ3v) is 6.51. The number of fused-ring (bicyclic) bond motifs is 2. The summed E-state index contributed by atoms with van der Waals surface area (Å²) in [7, 11) is 0. The number of aliphatic hydroxyl groups excluding tert-OH is 1. The molecular formula is C26H35N5O4. The fourth-order valence-electron chi connectivity index (χ4n) is 4.49. The van der Waals surface area contributed by atoms with Crippen molar-refractivity contribution in [2.24, 2.45) is 0 Å². The largest absolute Gasteiger partial charge is 0.491 e. The summed E-state index contributed by atoms with van der Waals surface area (Å²) in [4.78, 5) is 36.9. The molecule has 188 valence electrons. The third-order valence-electron chi connectivity index (χ3n) is 6.51. The Balaban J connectivity index is 1.53. The first-order valence-corrected chi connectivity index (χ1v) is 12.5. The van der Waals surface area contributed by atoms with Crippen molar-refractivity contribution in [1.29, 1.82) is 0 Å². The van der Waals surface area contributed by atoms with Gasteiger partial charge < -0.3 is 25.0 Å². The Morgan fingerprint density at radius 1 is 1.00 bits per heavy atom. The minimum Gasteiger partial charge on any atom is -0.491 e. The number of carbonyl (C=O) groups excluding carboxylic acids is 2. The molecule has 2 N–H and O–H groups in total. The summed E-state index contributed by atoms with van der Waals surface area (Å²) in [6, 6.07) is 11.1. The van der Waals surface area contributed by atoms with Gasteiger partial charge in [-0.05, 0) is 37.1 Å². The lowest BCUT2D eigenvalue weighted by Crippen LogP contribution is -2.52. The number of nitrogens with one attached hydrogen (secondary N) is 1. The van der Waals surface area contributed by atoms with Crippen LogP contribution in [-0.2, 0) is 4.79 Å². The van der Waals surface area contributed by atoms with Crippen molar-refractivity contribution in [3.63, 3.8) is 0 Å². The highest BCUT2D eigenvalue weighted by Crippen LogP contribution is 2.29. The van der Waals surface area contributed by atoms with Gasteiger partial charge in [-0.3, -0.25) is 14.5 Å². The Kier molecular flexibility index (Phi) is 8.91. The van der Waals surface area contributed by atoms with Crippen LogP contribution in [0.1, 0.15) is 36.0 Å². The summed E-state index contributed by atoms with van der Waals surface area (Å²) in [6.45, 7) is 4.61. The van der Waals surface area contributed by atoms with Gasteiger partial charge in [0.15, 0.2) is 0 Å². The van der Waals surface area contributed by atoms with Gasteiger partial charge in [0, 0.05) is 45.5 Å². The SMILES string of the molecule is O=C(CN1CCCCCCOc2ccccc2Nc2ncccc2C1=O)N1CCN(CCO)CC1. The predicted octanol–water partition coefficient (Wildman–Crippen LogP) is 2.36. The normalized spacial score (nSPS) is 18.0. The number of ether oxygens (including phenoxy) is 1. The number of piperazine rings is 1. The van der Waals surface area contributed by atoms with E-state index in [2.05, 4.69) is 15.2 Å². The Labute approximate surface area is 206 Å². The summed E-state index contributed by atoms with van der Waals surface area (Å²) in [5.41, 5.74) is 1.18. The molecule has 2 aromatic rings. The number of nitrogens with zero attached hydrogens (tertiary/aromatic N) is 4. The average molecular weight is 482 g/mol. The molecule has 1 aromatic carbocycles. The van der Waals surface area contributed by atoms with Gasteiger partial charge in [-0.1, -0.05) is 25.0 Å². The maximum Gasteiger partial charge on any atom is 0.258 e. The molecule has 0 saturated carbocycles. The van der Waals surface area contributed by atoms with Crippen molar-refractivity contribution in [3.05, 3.63) is 48.2 Å². The first-order valence-electron chi connectivity index (χ1n) is 12.5. The Bertz CT molecular complexity index is 993. The number of hydrogen-bond donors (Lipinski definition) is 2. The molecule has 0 radical (unpaired) electrons. The summed E-state index contributed by atoms with van der Waals surface area (Å²) >= 11 is 0. The quantitative estimate of drug-likeness (QED) is 0.692. The van der Waals surface area contributed by atoms with E-state index in [9.17, 15) is 9.59 Å². The molecular weight excluding hydrogens is 446 g/mol. The zero-order valence-electron chi connectivity index (χ0n) is 20.2. The summed E-state index contributed by atoms with van der Waals surface area (Å²) < 4.78 is 5.98. The van der Waals surface area contributed by atoms with Gasteiger partial charge in [0.05, 0.1) is 24.5 Å². The predicted molar refractivity (Wildman–Crippen MR) is 134 cm³/mol. The van der Waals surface area contributed by atoms with Gasteiger partial charge >= 0.3 is 0 Å². The maximum absolute atomic E-state index is 13.7. The van der Waals surface area contributed by atoms with E-state index in [-0.39, 0.29) is 25.0 Å². The lowest BCUT2D eigenvalue weighted by molar-refractivity contribution is -0.133. The van der Waals surface area contributed by atoms with Crippen LogP contribution in [-0.4, -0.2) is 95.6 Å². The van der Waals surface area contributed by atoms with Gasteiger partial charge in [0.2, 0.25) is 5.91 Å². The molecule has 9 heteroatoms. The zero-order chi connectivity index (χ0) is 24.5. The second-order valence-electron chi connectivity index (χ2n) is 8.96. The van der Waals surface area contributed by atoms with Crippen LogP contribution in [0, 0.1) is 0 Å². The third kappa shape index (κ3) is 6.70. The molecule has 0 unspecified atom stereocenters. The maximum atomic E-state index is 13.7. The molecule has 35 heavy (non-hydrogen) atoms. The smallest absolute Gasteiger partial charge is 0.258 e. The number of β-amino-alcohol motifs (C(OH)–C–C–N with tert-alkyl or cyclic N) is 1. The summed E-state index contributed by atoms with van der Waals surface area (Å²) in [5.74, 6) is 0.922. The number of benzene rings is 1. The van der Waals surface area contributed by atoms with Crippen LogP contribution in [0.15, 0.2) is 42.6 Å². The number of aliphatic hydroxyl groups is 1. The average Bonchev–Trinajstić information content (AvgIpc) is 2.88. The van der Waals surface area contributed by atoms with Crippen LogP contribution in [0.4, 0.5) is 11.5 Å². The standard InChI is InChI=1S/C26H35N5O4/c32-18-17-29-13-15-30(16-14-29)24(33)20-31-12-5-1-2-6-19-35-23-10-4-3-9-22(23)28-25-21(26(31)34)8-7-11-27-25/h3-4,7-11,32H,1-2,5-6,12-20H2,(H,27,28). The fraction of sp³-hybridized carbons (Fsp3) is 0.500. The highest BCUT2D eigenvalue weighted by atomic mass is 16.5. The minimum atomic E-state index is -0.205. The number of aromatic nitrogens is 1. The number of hydrogen-bond acceptors (Lipinski definition) is 7. The van der Waals surface area contributed by atoms with E-state index >= 15 is 0 Å². The van der Waals surface area contributed by atoms with Crippen molar-refractivity contribution in [2.45, 2.75) is 25.7 Å². The number of amides is 2. The molecule has 1 aromatic heterocycles. The van der Waals surface area contributed by atoms with Crippen molar-refractivity contribution in [1.82, 2.24) is 19.7 Å². The molecule has 2 aliphatic heterocycles. The lowest BCUT2D eigenvalue weighted by Gasteiger charge is -2.35. The van der Waals surface area contributed by atoms with E-state index in [0.29, 0.717) is 44.2 Å². The first kappa shape index (κ1) is 24.9. The van der Waals surface area contributed by atoms with E-state index in [0.717, 1.165) is 50.2 Å². The van der Waals surface area contributed by atoms with Gasteiger partial charge in [0.25, 0.3) is 5.91 Å². The van der Waals surface area contributed by atoms with Gasteiger partial charge in [-0.15, -0.1) is 0 Å². The highest BCUT2D eigenvalue weighted by molar-refractivity contribution is 6.01. The molecule has 1 fully saturated rings. The lowest BCUT2D eigenvalue weighted by atomic mass is 10.1. The summed E-state index contributed by atoms with van der Waals surface area (Å²) in [5, 5.41) is 12.4. The van der Waals surface area contributed by atoms with E-state index in [1.807, 2.05) is 29.2 Å². The Morgan fingerprint density at radius 2 is 1.80 bits per heavy atom. The zero-order valence-corrected chi connectivity index (χ0v) is 20.2. The van der Waals surface area contributed by atoms with Crippen LogP contribution in [0.3, 0.4) is 0 Å². The van der Waals surface area contributed by atoms with Gasteiger partial charge in [0.1, 0.15) is 18.1 Å². The van der Waals surface area contributed by atoms with Crippen molar-refractivity contribution in [3.8, 4) is 5.75 Å². The number of rotatable bonds is 4. The fourth-order valence-corrected chi connectivity index (χ4v) is 4.49. The molecule has 2 amide bonds. The first-order chi connectivity index (χ1) is 17.2. The Hall–Kier alpha value is -3.17. The van der Waals surface area contributed by atoms with Crippen molar-refractivity contribution < 1.29 is 19.4 Å². The van der Waals surface area contributed by atoms with Crippen LogP contribution in [0.5, 0.6) is 5.75 Å². The summed E-state index contributed by atoms with van der Waals surface area (Å²) in [6.07, 6.45) is 5.35. The second-order valence-corrected chi connectivity index (χ2v) is 8.96. The van der Waals surface area contributed by atoms with Crippen LogP contribution in [0.2, 0.25) is 0 Å². The monoisotopic (exact) mass is 481 g/mol. The van der Waals surface area contributed by atoms with Crippen molar-refractivity contribution in [2.75, 3.05) is 64.3 Å². The molecule has 4 rings (SSSR count). The number of para-hydroxylation sites is 2. The topological polar surface area (TPSA) is 98.2 Å². The molecule has 0 bridgehead atoms. The molecule has 2 aliphatic rings. The van der Waals surface area contributed by atoms with E-state index in [4.69, 9.17) is 9.84 Å². The van der Waals surface area contributed by atoms with Crippen LogP contribution in [0.25, 0.3) is 0 Å².